The maximum absolute atomic E-state index is 6.70. The van der Waals surface area contributed by atoms with Gasteiger partial charge in [0.05, 0.1) is 17.9 Å². The zero-order chi connectivity index (χ0) is 45.8. The van der Waals surface area contributed by atoms with Crippen LogP contribution in [0.2, 0.25) is 0 Å². The molecule has 0 amide bonds. The Labute approximate surface area is 401 Å². The molecule has 0 saturated heterocycles. The van der Waals surface area contributed by atoms with Gasteiger partial charge in [-0.15, -0.1) is 5.10 Å². The Bertz CT molecular complexity index is 1590. The molecule has 0 aliphatic carbocycles. The van der Waals surface area contributed by atoms with Crippen molar-refractivity contribution in [1.29, 1.82) is 0 Å². The Morgan fingerprint density at radius 2 is 0.723 bits per heavy atom. The van der Waals surface area contributed by atoms with E-state index in [1.807, 2.05) is 60.7 Å². The highest BCUT2D eigenvalue weighted by molar-refractivity contribution is 7.12. The lowest BCUT2D eigenvalue weighted by atomic mass is 9.90. The summed E-state index contributed by atoms with van der Waals surface area (Å²) in [5.74, 6) is 5.57. The highest BCUT2D eigenvalue weighted by Crippen LogP contribution is 2.43. The summed E-state index contributed by atoms with van der Waals surface area (Å²) in [6, 6.07) is 19.9. The van der Waals surface area contributed by atoms with Gasteiger partial charge in [-0.2, -0.15) is 0 Å². The Hall–Kier alpha value is -3.32. The minimum absolute atomic E-state index is 0.571. The number of nitrogens with zero attached hydrogens (tertiary/aromatic N) is 2. The van der Waals surface area contributed by atoms with E-state index in [0.717, 1.165) is 46.4 Å². The second-order valence-corrected chi connectivity index (χ2v) is 19.9. The van der Waals surface area contributed by atoms with Gasteiger partial charge < -0.3 is 18.9 Å². The van der Waals surface area contributed by atoms with Crippen LogP contribution in [0.5, 0.6) is 34.5 Å². The Morgan fingerprint density at radius 1 is 0.385 bits per heavy atom. The molecule has 0 saturated carbocycles. The van der Waals surface area contributed by atoms with Crippen LogP contribution in [0.25, 0.3) is 10.2 Å². The number of fused-ring (bicyclic) bond motifs is 1. The van der Waals surface area contributed by atoms with Crippen molar-refractivity contribution in [2.45, 2.75) is 233 Å². The maximum atomic E-state index is 6.70. The number of aromatic nitrogens is 2. The monoisotopic (exact) mass is 913 g/mol. The number of rotatable bonds is 42. The van der Waals surface area contributed by atoms with Gasteiger partial charge in [0.15, 0.2) is 34.5 Å². The number of hydrogen-bond acceptors (Lipinski definition) is 7. The molecule has 0 aliphatic heterocycles. The van der Waals surface area contributed by atoms with Crippen molar-refractivity contribution in [3.63, 3.8) is 0 Å². The summed E-state index contributed by atoms with van der Waals surface area (Å²) in [5, 5.41) is 4.38. The molecule has 3 aromatic carbocycles. The minimum Gasteiger partial charge on any atom is -0.490 e. The van der Waals surface area contributed by atoms with Crippen LogP contribution < -0.4 is 18.9 Å². The lowest BCUT2D eigenvalue weighted by Gasteiger charge is -2.19. The van der Waals surface area contributed by atoms with Crippen LogP contribution in [0, 0.1) is 11.8 Å². The van der Waals surface area contributed by atoms with Crippen molar-refractivity contribution in [2.24, 2.45) is 11.8 Å². The average molecular weight is 913 g/mol. The van der Waals surface area contributed by atoms with Crippen LogP contribution in [0.4, 0.5) is 0 Å². The van der Waals surface area contributed by atoms with Crippen LogP contribution in [0.15, 0.2) is 60.7 Å². The summed E-state index contributed by atoms with van der Waals surface area (Å²) in [4.78, 5) is 0. The molecule has 4 rings (SSSR count). The van der Waals surface area contributed by atoms with Crippen molar-refractivity contribution in [3.8, 4) is 34.5 Å². The fraction of sp³-hybridized carbons (Fsp3) is 0.690. The van der Waals surface area contributed by atoms with Crippen molar-refractivity contribution < 1.29 is 18.9 Å². The lowest BCUT2D eigenvalue weighted by Crippen LogP contribution is -2.06. The van der Waals surface area contributed by atoms with E-state index in [0.29, 0.717) is 36.2 Å². The normalized spacial score (nSPS) is 11.6. The first-order chi connectivity index (χ1) is 32.1. The molecule has 0 N–H and O–H groups in total. The predicted molar refractivity (Wildman–Crippen MR) is 279 cm³/mol. The topological polar surface area (TPSA) is 62.7 Å². The van der Waals surface area contributed by atoms with Crippen molar-refractivity contribution >= 4 is 21.7 Å². The summed E-state index contributed by atoms with van der Waals surface area (Å²) in [6.45, 7) is 10.6. The van der Waals surface area contributed by atoms with E-state index in [4.69, 9.17) is 18.9 Å². The van der Waals surface area contributed by atoms with E-state index in [1.54, 1.807) is 0 Å². The molecule has 0 atom stereocenters. The smallest absolute Gasteiger partial charge is 0.172 e. The van der Waals surface area contributed by atoms with Gasteiger partial charge in [0.2, 0.25) is 0 Å². The minimum atomic E-state index is 0.571. The molecule has 1 aromatic heterocycles. The van der Waals surface area contributed by atoms with E-state index in [-0.39, 0.29) is 0 Å². The summed E-state index contributed by atoms with van der Waals surface area (Å²) < 4.78 is 31.5. The average Bonchev–Trinajstić information content (AvgIpc) is 3.78. The van der Waals surface area contributed by atoms with Gasteiger partial charge in [-0.05, 0) is 73.3 Å². The molecule has 0 unspecified atom stereocenters. The molecule has 364 valence electrons. The van der Waals surface area contributed by atoms with Crippen molar-refractivity contribution in [1.82, 2.24) is 9.59 Å². The van der Waals surface area contributed by atoms with E-state index in [2.05, 4.69) is 37.3 Å². The molecule has 65 heavy (non-hydrogen) atoms. The third kappa shape index (κ3) is 23.3. The zero-order valence-electron chi connectivity index (χ0n) is 41.9. The van der Waals surface area contributed by atoms with E-state index >= 15 is 0 Å². The van der Waals surface area contributed by atoms with Crippen LogP contribution in [0.1, 0.15) is 233 Å². The number of ether oxygens (including phenoxy) is 4. The first kappa shape index (κ1) is 54.3. The van der Waals surface area contributed by atoms with Gasteiger partial charge in [-0.1, -0.05) is 236 Å². The number of benzene rings is 3. The summed E-state index contributed by atoms with van der Waals surface area (Å²) in [6.07, 6.45) is 42.7. The Kier molecular flexibility index (Phi) is 29.9. The SMILES string of the molecule is CCCCCCCCC(CCCCCCCC)CCCOc1ccccc1Oc1cc2nnsc2cc1Oc1ccccc1OCCCC(CCCCCCCC)CCCCCCCC. The molecular weight excluding hydrogens is 821 g/mol. The molecule has 4 aromatic rings. The quantitative estimate of drug-likeness (QED) is 0.0413. The lowest BCUT2D eigenvalue weighted by molar-refractivity contribution is 0.267. The Balaban J connectivity index is 1.34. The number of para-hydroxylation sites is 4. The largest absolute Gasteiger partial charge is 0.490 e. The molecule has 1 heterocycles. The Morgan fingerprint density at radius 3 is 1.12 bits per heavy atom. The van der Waals surface area contributed by atoms with E-state index < -0.39 is 0 Å². The third-order valence-corrected chi connectivity index (χ3v) is 14.0. The van der Waals surface area contributed by atoms with Gasteiger partial charge in [0.25, 0.3) is 0 Å². The highest BCUT2D eigenvalue weighted by Gasteiger charge is 2.18. The van der Waals surface area contributed by atoms with E-state index in [9.17, 15) is 0 Å². The standard InChI is InChI=1S/C58H92N2O4S/c1-5-9-13-17-21-25-35-49(36-26-22-18-14-10-6-2)39-33-45-61-52-41-29-31-43-54(52)63-56-47-51-58(65-60-59-51)48-57(56)64-55-44-32-30-42-53(55)62-46-34-40-50(37-27-23-19-15-11-7-3)38-28-24-20-16-12-8-4/h29-32,41-44,47-50H,5-28,33-40,45-46H2,1-4H3. The molecule has 6 nitrogen and oxygen atoms in total. The molecule has 0 bridgehead atoms. The van der Waals surface area contributed by atoms with Crippen molar-refractivity contribution in [2.75, 3.05) is 13.2 Å². The van der Waals surface area contributed by atoms with Crippen LogP contribution in [-0.2, 0) is 0 Å². The van der Waals surface area contributed by atoms with Crippen molar-refractivity contribution in [3.05, 3.63) is 60.7 Å². The number of unbranched alkanes of at least 4 members (excludes halogenated alkanes) is 20. The van der Waals surface area contributed by atoms with Crippen LogP contribution >= 0.6 is 11.5 Å². The molecular formula is C58H92N2O4S. The second kappa shape index (κ2) is 35.8. The summed E-state index contributed by atoms with van der Waals surface area (Å²) >= 11 is 1.36. The van der Waals surface area contributed by atoms with Gasteiger partial charge >= 0.3 is 0 Å². The fourth-order valence-electron chi connectivity index (χ4n) is 9.32. The summed E-state index contributed by atoms with van der Waals surface area (Å²) in [7, 11) is 0. The first-order valence-corrected chi connectivity index (χ1v) is 28.0. The van der Waals surface area contributed by atoms with Gasteiger partial charge in [0, 0.05) is 12.1 Å². The van der Waals surface area contributed by atoms with E-state index in [1.165, 1.54) is 204 Å². The molecule has 0 radical (unpaired) electrons. The predicted octanol–water partition coefficient (Wildman–Crippen LogP) is 19.8. The number of hydrogen-bond donors (Lipinski definition) is 0. The zero-order valence-corrected chi connectivity index (χ0v) is 42.7. The van der Waals surface area contributed by atoms with Crippen LogP contribution in [-0.4, -0.2) is 22.8 Å². The molecule has 0 fully saturated rings. The van der Waals surface area contributed by atoms with Gasteiger partial charge in [0.1, 0.15) is 5.52 Å². The van der Waals surface area contributed by atoms with Gasteiger partial charge in [-0.25, -0.2) is 0 Å². The molecule has 7 heteroatoms. The maximum Gasteiger partial charge on any atom is 0.172 e. The molecule has 0 aliphatic rings. The third-order valence-electron chi connectivity index (χ3n) is 13.3. The second-order valence-electron chi connectivity index (χ2n) is 19.1. The van der Waals surface area contributed by atoms with Crippen LogP contribution in [0.3, 0.4) is 0 Å². The fourth-order valence-corrected chi connectivity index (χ4v) is 9.89. The molecule has 0 spiro atoms. The highest BCUT2D eigenvalue weighted by atomic mass is 32.1. The first-order valence-electron chi connectivity index (χ1n) is 27.2. The van der Waals surface area contributed by atoms with Gasteiger partial charge in [-0.3, -0.25) is 0 Å². The summed E-state index contributed by atoms with van der Waals surface area (Å²) in [5.41, 5.74) is 0.776.